The maximum absolute atomic E-state index is 6.28. The lowest BCUT2D eigenvalue weighted by Gasteiger charge is -2.38. The van der Waals surface area contributed by atoms with Gasteiger partial charge in [0.1, 0.15) is 17.0 Å². The number of nitrogens with two attached hydrogens (primary N) is 1. The van der Waals surface area contributed by atoms with Crippen molar-refractivity contribution < 1.29 is 0 Å². The number of nitrogens with zero attached hydrogens (tertiary/aromatic N) is 3. The lowest BCUT2D eigenvalue weighted by molar-refractivity contribution is 0.146. The number of nitrogen functional groups attached to an aromatic ring is 1. The zero-order valence-corrected chi connectivity index (χ0v) is 18.0. The minimum Gasteiger partial charge on any atom is -0.383 e. The fourth-order valence-corrected chi connectivity index (χ4v) is 6.84. The topological polar surface area (TPSA) is 55.0 Å². The van der Waals surface area contributed by atoms with Gasteiger partial charge in [-0.05, 0) is 68.5 Å². The molecule has 29 heavy (non-hydrogen) atoms. The largest absolute Gasteiger partial charge is 0.383 e. The highest BCUT2D eigenvalue weighted by molar-refractivity contribution is 7.19. The molecule has 0 radical (unpaired) electrons. The number of hydrogen-bond donors (Lipinski definition) is 1. The van der Waals surface area contributed by atoms with Crippen LogP contribution in [0, 0.1) is 5.92 Å². The first-order chi connectivity index (χ1) is 14.2. The lowest BCUT2D eigenvalue weighted by Crippen LogP contribution is -2.38. The zero-order chi connectivity index (χ0) is 19.8. The first-order valence-electron chi connectivity index (χ1n) is 11.0. The van der Waals surface area contributed by atoms with E-state index in [1.54, 1.807) is 6.33 Å². The summed E-state index contributed by atoms with van der Waals surface area (Å²) in [5.41, 5.74) is 9.22. The Morgan fingerprint density at radius 3 is 2.86 bits per heavy atom. The van der Waals surface area contributed by atoms with E-state index in [9.17, 15) is 0 Å². The van der Waals surface area contributed by atoms with Crippen LogP contribution in [-0.2, 0) is 12.8 Å². The molecule has 5 rings (SSSR count). The van der Waals surface area contributed by atoms with E-state index in [0.717, 1.165) is 29.1 Å². The van der Waals surface area contributed by atoms with Crippen molar-refractivity contribution in [1.29, 1.82) is 0 Å². The summed E-state index contributed by atoms with van der Waals surface area (Å²) in [6.07, 6.45) is 10.5. The molecule has 2 unspecified atom stereocenters. The second-order valence-corrected chi connectivity index (χ2v) is 9.90. The molecular formula is C24H30N4S. The van der Waals surface area contributed by atoms with E-state index in [1.165, 1.54) is 54.5 Å². The van der Waals surface area contributed by atoms with Crippen LogP contribution in [0.3, 0.4) is 0 Å². The molecule has 0 amide bonds. The third kappa shape index (κ3) is 3.66. The number of rotatable bonds is 5. The maximum Gasteiger partial charge on any atom is 0.135 e. The Kier molecular flexibility index (Phi) is 5.27. The van der Waals surface area contributed by atoms with Gasteiger partial charge >= 0.3 is 0 Å². The molecule has 3 atom stereocenters. The van der Waals surface area contributed by atoms with E-state index < -0.39 is 0 Å². The molecule has 5 heteroatoms. The van der Waals surface area contributed by atoms with Crippen LogP contribution in [-0.4, -0.2) is 34.5 Å². The molecule has 1 fully saturated rings. The normalized spacial score (nSPS) is 24.3. The molecule has 1 saturated carbocycles. The molecule has 0 saturated heterocycles. The van der Waals surface area contributed by atoms with Crippen LogP contribution in [0.2, 0.25) is 0 Å². The van der Waals surface area contributed by atoms with Gasteiger partial charge in [0, 0.05) is 17.5 Å². The highest BCUT2D eigenvalue weighted by Gasteiger charge is 2.37. The third-order valence-electron chi connectivity index (χ3n) is 7.16. The zero-order valence-electron chi connectivity index (χ0n) is 17.2. The average Bonchev–Trinajstić information content (AvgIpc) is 3.32. The average molecular weight is 407 g/mol. The van der Waals surface area contributed by atoms with Crippen molar-refractivity contribution in [2.24, 2.45) is 5.92 Å². The number of anilines is 1. The Balaban J connectivity index is 1.30. The molecule has 2 aliphatic carbocycles. The van der Waals surface area contributed by atoms with Crippen molar-refractivity contribution >= 4 is 27.4 Å². The molecule has 2 N–H and O–H groups in total. The summed E-state index contributed by atoms with van der Waals surface area (Å²) >= 11 is 1.84. The quantitative estimate of drug-likeness (QED) is 0.645. The molecule has 0 bridgehead atoms. The van der Waals surface area contributed by atoms with Gasteiger partial charge in [-0.25, -0.2) is 9.97 Å². The Bertz CT molecular complexity index is 983. The van der Waals surface area contributed by atoms with Gasteiger partial charge in [-0.15, -0.1) is 11.3 Å². The summed E-state index contributed by atoms with van der Waals surface area (Å²) in [5, 5.41) is 1.16. The van der Waals surface area contributed by atoms with E-state index in [-0.39, 0.29) is 0 Å². The summed E-state index contributed by atoms with van der Waals surface area (Å²) in [7, 11) is 2.32. The SMILES string of the molecule is CN(CCc1ccccc1)[C@H]1CCCC(C2CCc3sc4ncnc(N)c4c32)C1. The van der Waals surface area contributed by atoms with Gasteiger partial charge in [0.15, 0.2) is 0 Å². The molecule has 2 aromatic heterocycles. The highest BCUT2D eigenvalue weighted by Crippen LogP contribution is 2.50. The van der Waals surface area contributed by atoms with Crippen LogP contribution in [0.25, 0.3) is 10.2 Å². The van der Waals surface area contributed by atoms with E-state index >= 15 is 0 Å². The van der Waals surface area contributed by atoms with Crippen molar-refractivity contribution in [2.45, 2.75) is 56.9 Å². The molecule has 152 valence electrons. The minimum absolute atomic E-state index is 0.636. The van der Waals surface area contributed by atoms with Crippen LogP contribution in [0.1, 0.15) is 54.0 Å². The van der Waals surface area contributed by atoms with Crippen LogP contribution in [0.5, 0.6) is 0 Å². The predicted molar refractivity (Wildman–Crippen MR) is 121 cm³/mol. The van der Waals surface area contributed by atoms with Gasteiger partial charge in [0.05, 0.1) is 5.39 Å². The van der Waals surface area contributed by atoms with Crippen LogP contribution in [0.4, 0.5) is 5.82 Å². The molecule has 0 aliphatic heterocycles. The summed E-state index contributed by atoms with van der Waals surface area (Å²) in [6, 6.07) is 11.6. The number of aromatic nitrogens is 2. The standard InChI is InChI=1S/C24H30N4S/c1-28(13-12-16-6-3-2-4-7-16)18-9-5-8-17(14-18)19-10-11-20-21(19)22-23(25)26-15-27-24(22)29-20/h2-4,6-7,15,17-19H,5,8-14H2,1H3,(H2,25,26,27)/t17?,18-,19?/m0/s1. The summed E-state index contributed by atoms with van der Waals surface area (Å²) in [5.74, 6) is 2.07. The molecule has 1 aromatic carbocycles. The van der Waals surface area contributed by atoms with E-state index in [4.69, 9.17) is 5.73 Å². The second-order valence-electron chi connectivity index (χ2n) is 8.82. The molecule has 0 spiro atoms. The van der Waals surface area contributed by atoms with E-state index in [2.05, 4.69) is 52.2 Å². The number of thiophene rings is 1. The van der Waals surface area contributed by atoms with Gasteiger partial charge in [-0.2, -0.15) is 0 Å². The highest BCUT2D eigenvalue weighted by atomic mass is 32.1. The Hall–Kier alpha value is -1.98. The smallest absolute Gasteiger partial charge is 0.135 e. The van der Waals surface area contributed by atoms with Crippen molar-refractivity contribution in [3.05, 3.63) is 52.7 Å². The number of fused-ring (bicyclic) bond motifs is 3. The predicted octanol–water partition coefficient (Wildman–Crippen LogP) is 5.04. The molecule has 4 nitrogen and oxygen atoms in total. The van der Waals surface area contributed by atoms with Gasteiger partial charge in [-0.1, -0.05) is 36.8 Å². The molecule has 2 aliphatic rings. The minimum atomic E-state index is 0.636. The van der Waals surface area contributed by atoms with Crippen LogP contribution in [0.15, 0.2) is 36.7 Å². The Labute approximate surface area is 177 Å². The van der Waals surface area contributed by atoms with Gasteiger partial charge in [0.2, 0.25) is 0 Å². The second kappa shape index (κ2) is 8.04. The molecule has 2 heterocycles. The van der Waals surface area contributed by atoms with Crippen molar-refractivity contribution in [1.82, 2.24) is 14.9 Å². The van der Waals surface area contributed by atoms with Crippen molar-refractivity contribution in [3.63, 3.8) is 0 Å². The fourth-order valence-electron chi connectivity index (χ4n) is 5.60. The Morgan fingerprint density at radius 1 is 1.14 bits per heavy atom. The van der Waals surface area contributed by atoms with E-state index in [1.807, 2.05) is 11.3 Å². The maximum atomic E-state index is 6.28. The number of hydrogen-bond acceptors (Lipinski definition) is 5. The van der Waals surface area contributed by atoms with Gasteiger partial charge in [0.25, 0.3) is 0 Å². The number of aryl methyl sites for hydroxylation is 1. The first-order valence-corrected chi connectivity index (χ1v) is 11.8. The Morgan fingerprint density at radius 2 is 2.00 bits per heavy atom. The van der Waals surface area contributed by atoms with Gasteiger partial charge < -0.3 is 10.6 Å². The third-order valence-corrected chi connectivity index (χ3v) is 8.33. The summed E-state index contributed by atoms with van der Waals surface area (Å²) in [4.78, 5) is 14.0. The fraction of sp³-hybridized carbons (Fsp3) is 0.500. The summed E-state index contributed by atoms with van der Waals surface area (Å²) < 4.78 is 0. The first kappa shape index (κ1) is 19.0. The summed E-state index contributed by atoms with van der Waals surface area (Å²) in [6.45, 7) is 1.14. The van der Waals surface area contributed by atoms with Crippen molar-refractivity contribution in [3.8, 4) is 0 Å². The molecular weight excluding hydrogens is 376 g/mol. The van der Waals surface area contributed by atoms with Gasteiger partial charge in [-0.3, -0.25) is 0 Å². The monoisotopic (exact) mass is 406 g/mol. The number of benzene rings is 1. The van der Waals surface area contributed by atoms with Crippen molar-refractivity contribution in [2.75, 3.05) is 19.3 Å². The number of likely N-dealkylation sites (N-methyl/N-ethyl adjacent to an activating group) is 1. The van der Waals surface area contributed by atoms with Crippen LogP contribution < -0.4 is 5.73 Å². The van der Waals surface area contributed by atoms with E-state index in [0.29, 0.717) is 17.8 Å². The lowest BCUT2D eigenvalue weighted by atomic mass is 9.75. The molecule has 3 aromatic rings. The van der Waals surface area contributed by atoms with Crippen LogP contribution >= 0.6 is 11.3 Å².